The zero-order valence-corrected chi connectivity index (χ0v) is 12.4. The topological polar surface area (TPSA) is 72.4 Å². The van der Waals surface area contributed by atoms with Crippen molar-refractivity contribution in [3.63, 3.8) is 0 Å². The third-order valence-corrected chi connectivity index (χ3v) is 5.00. The molecule has 1 aromatic rings. The average Bonchev–Trinajstić information content (AvgIpc) is 3.01. The smallest absolute Gasteiger partial charge is 0.311 e. The molecule has 0 radical (unpaired) electrons. The van der Waals surface area contributed by atoms with Crippen LogP contribution in [0.5, 0.6) is 0 Å². The number of rotatable bonds is 5. The van der Waals surface area contributed by atoms with Crippen molar-refractivity contribution < 1.29 is 14.3 Å². The van der Waals surface area contributed by atoms with E-state index in [2.05, 4.69) is 21.9 Å². The van der Waals surface area contributed by atoms with Crippen LogP contribution in [0, 0.1) is 5.92 Å². The van der Waals surface area contributed by atoms with Crippen LogP contribution >= 0.6 is 23.1 Å². The molecule has 1 saturated heterocycles. The van der Waals surface area contributed by atoms with Gasteiger partial charge in [0.1, 0.15) is 0 Å². The number of thioether (sulfide) groups is 1. The van der Waals surface area contributed by atoms with Crippen molar-refractivity contribution >= 4 is 40.1 Å². The van der Waals surface area contributed by atoms with Crippen molar-refractivity contribution in [1.82, 2.24) is 10.2 Å². The van der Waals surface area contributed by atoms with Gasteiger partial charge in [-0.05, 0) is 6.42 Å². The Labute approximate surface area is 119 Å². The summed E-state index contributed by atoms with van der Waals surface area (Å²) in [5, 5.41) is 8.63. The van der Waals surface area contributed by atoms with Gasteiger partial charge in [0.15, 0.2) is 4.34 Å². The first-order valence-corrected chi connectivity index (χ1v) is 7.80. The highest BCUT2D eigenvalue weighted by Crippen LogP contribution is 2.32. The molecule has 1 aliphatic rings. The zero-order chi connectivity index (χ0) is 13.8. The fourth-order valence-electron chi connectivity index (χ4n) is 1.78. The Morgan fingerprint density at radius 2 is 2.37 bits per heavy atom. The number of hydrogen-bond acceptors (Lipinski definition) is 7. The minimum Gasteiger partial charge on any atom is -0.469 e. The SMILES string of the molecule is CCCSc1nnc(N2CC(C(=O)OC)CC2=O)s1. The number of esters is 1. The van der Waals surface area contributed by atoms with Crippen molar-refractivity contribution in [2.45, 2.75) is 24.1 Å². The molecule has 1 aromatic heterocycles. The van der Waals surface area contributed by atoms with Crippen LogP contribution in [0.2, 0.25) is 0 Å². The maximum atomic E-state index is 11.9. The number of methoxy groups -OCH3 is 1. The summed E-state index contributed by atoms with van der Waals surface area (Å²) in [7, 11) is 1.33. The molecular formula is C11H15N3O3S2. The number of aromatic nitrogens is 2. The molecule has 0 N–H and O–H groups in total. The largest absolute Gasteiger partial charge is 0.469 e. The van der Waals surface area contributed by atoms with Crippen LogP contribution < -0.4 is 4.90 Å². The summed E-state index contributed by atoms with van der Waals surface area (Å²) in [5.74, 6) is 0.139. The average molecular weight is 301 g/mol. The summed E-state index contributed by atoms with van der Waals surface area (Å²) >= 11 is 3.02. The molecular weight excluding hydrogens is 286 g/mol. The lowest BCUT2D eigenvalue weighted by atomic mass is 10.1. The van der Waals surface area contributed by atoms with Crippen LogP contribution in [-0.2, 0) is 14.3 Å². The Kier molecular flexibility index (Phi) is 4.76. The Balaban J connectivity index is 2.03. The quantitative estimate of drug-likeness (QED) is 0.467. The number of nitrogens with zero attached hydrogens (tertiary/aromatic N) is 3. The molecule has 19 heavy (non-hydrogen) atoms. The van der Waals surface area contributed by atoms with E-state index >= 15 is 0 Å². The third kappa shape index (κ3) is 3.24. The lowest BCUT2D eigenvalue weighted by Gasteiger charge is -2.10. The molecule has 2 heterocycles. The predicted octanol–water partition coefficient (Wildman–Crippen LogP) is 1.57. The maximum Gasteiger partial charge on any atom is 0.311 e. The molecule has 8 heteroatoms. The van der Waals surface area contributed by atoms with Crippen molar-refractivity contribution in [1.29, 1.82) is 0 Å². The number of carbonyl (C=O) groups is 2. The Hall–Kier alpha value is -1.15. The summed E-state index contributed by atoms with van der Waals surface area (Å²) in [4.78, 5) is 24.8. The van der Waals surface area contributed by atoms with Crippen molar-refractivity contribution in [3.05, 3.63) is 0 Å². The van der Waals surface area contributed by atoms with Gasteiger partial charge in [-0.2, -0.15) is 0 Å². The zero-order valence-electron chi connectivity index (χ0n) is 10.8. The molecule has 6 nitrogen and oxygen atoms in total. The summed E-state index contributed by atoms with van der Waals surface area (Å²) < 4.78 is 5.52. The molecule has 1 unspecified atom stereocenters. The van der Waals surface area contributed by atoms with Gasteiger partial charge in [0.2, 0.25) is 11.0 Å². The first kappa shape index (κ1) is 14.3. The highest BCUT2D eigenvalue weighted by molar-refractivity contribution is 8.01. The lowest BCUT2D eigenvalue weighted by Crippen LogP contribution is -2.26. The van der Waals surface area contributed by atoms with E-state index in [0.717, 1.165) is 16.5 Å². The summed E-state index contributed by atoms with van der Waals surface area (Å²) in [6.07, 6.45) is 1.25. The number of ether oxygens (including phenoxy) is 1. The second kappa shape index (κ2) is 6.33. The van der Waals surface area contributed by atoms with Crippen LogP contribution in [0.4, 0.5) is 5.13 Å². The van der Waals surface area contributed by atoms with E-state index in [-0.39, 0.29) is 18.3 Å². The van der Waals surface area contributed by atoms with E-state index in [4.69, 9.17) is 0 Å². The summed E-state index contributed by atoms with van der Waals surface area (Å²) in [6, 6.07) is 0. The van der Waals surface area contributed by atoms with Gasteiger partial charge >= 0.3 is 5.97 Å². The van der Waals surface area contributed by atoms with Crippen molar-refractivity contribution in [2.75, 3.05) is 24.3 Å². The van der Waals surface area contributed by atoms with Gasteiger partial charge in [0.25, 0.3) is 0 Å². The molecule has 0 spiro atoms. The molecule has 0 aromatic carbocycles. The molecule has 1 atom stereocenters. The number of carbonyl (C=O) groups excluding carboxylic acids is 2. The molecule has 1 amide bonds. The standard InChI is InChI=1S/C11H15N3O3S2/c1-3-4-18-11-13-12-10(19-11)14-6-7(5-8(14)15)9(16)17-2/h7H,3-6H2,1-2H3. The lowest BCUT2D eigenvalue weighted by molar-refractivity contribution is -0.145. The van der Waals surface area contributed by atoms with Crippen molar-refractivity contribution in [2.24, 2.45) is 5.92 Å². The molecule has 0 bridgehead atoms. The molecule has 104 valence electrons. The van der Waals surface area contributed by atoms with Crippen LogP contribution in [-0.4, -0.2) is 41.5 Å². The first-order valence-electron chi connectivity index (χ1n) is 6.00. The molecule has 0 saturated carbocycles. The maximum absolute atomic E-state index is 11.9. The molecule has 1 aliphatic heterocycles. The second-order valence-corrected chi connectivity index (χ2v) is 6.43. The molecule has 1 fully saturated rings. The summed E-state index contributed by atoms with van der Waals surface area (Å²) in [6.45, 7) is 2.43. The Morgan fingerprint density at radius 1 is 1.58 bits per heavy atom. The van der Waals surface area contributed by atoms with Gasteiger partial charge in [-0.15, -0.1) is 10.2 Å². The normalized spacial score (nSPS) is 18.9. The van der Waals surface area contributed by atoms with Gasteiger partial charge < -0.3 is 4.74 Å². The van der Waals surface area contributed by atoms with Gasteiger partial charge in [-0.1, -0.05) is 30.0 Å². The van der Waals surface area contributed by atoms with Gasteiger partial charge in [-0.3, -0.25) is 14.5 Å². The first-order chi connectivity index (χ1) is 9.15. The van der Waals surface area contributed by atoms with Gasteiger partial charge in [0, 0.05) is 18.7 Å². The Morgan fingerprint density at radius 3 is 3.05 bits per heavy atom. The monoisotopic (exact) mass is 301 g/mol. The second-order valence-electron chi connectivity index (χ2n) is 4.13. The highest BCUT2D eigenvalue weighted by atomic mass is 32.2. The van der Waals surface area contributed by atoms with E-state index in [1.54, 1.807) is 11.8 Å². The molecule has 0 aliphatic carbocycles. The van der Waals surface area contributed by atoms with Crippen molar-refractivity contribution in [3.8, 4) is 0 Å². The van der Waals surface area contributed by atoms with E-state index in [1.165, 1.54) is 23.3 Å². The third-order valence-electron chi connectivity index (χ3n) is 2.72. The van der Waals surface area contributed by atoms with E-state index < -0.39 is 5.92 Å². The van der Waals surface area contributed by atoms with Crippen LogP contribution in [0.3, 0.4) is 0 Å². The number of hydrogen-bond donors (Lipinski definition) is 0. The predicted molar refractivity (Wildman–Crippen MR) is 73.4 cm³/mol. The van der Waals surface area contributed by atoms with Crippen LogP contribution in [0.25, 0.3) is 0 Å². The molecule has 2 rings (SSSR count). The summed E-state index contributed by atoms with van der Waals surface area (Å²) in [5.41, 5.74) is 0. The number of anilines is 1. The number of amides is 1. The van der Waals surface area contributed by atoms with Crippen LogP contribution in [0.15, 0.2) is 4.34 Å². The van der Waals surface area contributed by atoms with Gasteiger partial charge in [-0.25, -0.2) is 0 Å². The van der Waals surface area contributed by atoms with Crippen LogP contribution in [0.1, 0.15) is 19.8 Å². The fraction of sp³-hybridized carbons (Fsp3) is 0.636. The fourth-order valence-corrected chi connectivity index (χ4v) is 3.57. The van der Waals surface area contributed by atoms with Gasteiger partial charge in [0.05, 0.1) is 13.0 Å². The highest BCUT2D eigenvalue weighted by Gasteiger charge is 2.37. The minimum absolute atomic E-state index is 0.0985. The Bertz CT molecular complexity index is 478. The van der Waals surface area contributed by atoms with E-state index in [0.29, 0.717) is 11.7 Å². The van der Waals surface area contributed by atoms with E-state index in [1.807, 2.05) is 0 Å². The minimum atomic E-state index is -0.395. The van der Waals surface area contributed by atoms with E-state index in [9.17, 15) is 9.59 Å².